The van der Waals surface area contributed by atoms with Crippen LogP contribution in [-0.4, -0.2) is 18.0 Å². The first kappa shape index (κ1) is 16.5. The quantitative estimate of drug-likeness (QED) is 0.715. The first-order chi connectivity index (χ1) is 11.1. The number of hydrazine groups is 1. The van der Waals surface area contributed by atoms with Gasteiger partial charge in [-0.2, -0.15) is 0 Å². The monoisotopic (exact) mass is 312 g/mol. The van der Waals surface area contributed by atoms with Crippen molar-refractivity contribution in [2.75, 3.05) is 5.32 Å². The Hall–Kier alpha value is -2.86. The van der Waals surface area contributed by atoms with E-state index in [9.17, 15) is 9.59 Å². The highest BCUT2D eigenvalue weighted by molar-refractivity contribution is 5.94. The lowest BCUT2D eigenvalue weighted by Crippen LogP contribution is -2.48. The van der Waals surface area contributed by atoms with E-state index >= 15 is 0 Å². The summed E-state index contributed by atoms with van der Waals surface area (Å²) in [5, 5.41) is 2.70. The minimum atomic E-state index is -0.651. The van der Waals surface area contributed by atoms with E-state index < -0.39 is 12.1 Å². The lowest BCUT2D eigenvalue weighted by atomic mass is 10.2. The second-order valence-electron chi connectivity index (χ2n) is 4.83. The topological polar surface area (TPSA) is 79.5 Å². The van der Waals surface area contributed by atoms with Gasteiger partial charge < -0.3 is 10.1 Å². The molecule has 6 nitrogen and oxygen atoms in total. The Balaban J connectivity index is 1.70. The van der Waals surface area contributed by atoms with Crippen LogP contribution >= 0.6 is 0 Å². The highest BCUT2D eigenvalue weighted by Gasteiger charge is 2.13. The van der Waals surface area contributed by atoms with Crippen LogP contribution in [0.15, 0.2) is 54.6 Å². The third-order valence-corrected chi connectivity index (χ3v) is 2.97. The minimum absolute atomic E-state index is 0.161. The molecule has 0 aliphatic carbocycles. The Morgan fingerprint density at radius 1 is 1.17 bits per heavy atom. The normalized spacial score (nSPS) is 11.3. The predicted molar refractivity (Wildman–Crippen MR) is 86.3 cm³/mol. The number of hydrogen-bond acceptors (Lipinski definition) is 4. The summed E-state index contributed by atoms with van der Waals surface area (Å²) in [5.74, 6) is -0.284. The maximum absolute atomic E-state index is 11.9. The molecule has 0 saturated heterocycles. The fourth-order valence-corrected chi connectivity index (χ4v) is 1.71. The van der Waals surface area contributed by atoms with Crippen LogP contribution in [0.2, 0.25) is 0 Å². The molecule has 2 rings (SSSR count). The second-order valence-corrected chi connectivity index (χ2v) is 4.83. The largest absolute Gasteiger partial charge is 0.444 e. The lowest BCUT2D eigenvalue weighted by Gasteiger charge is -2.14. The Morgan fingerprint density at radius 3 is 2.65 bits per heavy atom. The summed E-state index contributed by atoms with van der Waals surface area (Å²) in [4.78, 5) is 23.5. The SMILES string of the molecule is C[C@H](NNC(=O)OCc1ccccc1)C(=O)Nc1c[c]ccc1. The van der Waals surface area contributed by atoms with Crippen molar-refractivity contribution in [2.45, 2.75) is 19.6 Å². The van der Waals surface area contributed by atoms with Gasteiger partial charge in [-0.3, -0.25) is 10.2 Å². The fourth-order valence-electron chi connectivity index (χ4n) is 1.71. The zero-order chi connectivity index (χ0) is 16.5. The van der Waals surface area contributed by atoms with Crippen molar-refractivity contribution in [1.29, 1.82) is 0 Å². The van der Waals surface area contributed by atoms with Gasteiger partial charge in [0.25, 0.3) is 0 Å². The van der Waals surface area contributed by atoms with E-state index in [2.05, 4.69) is 22.2 Å². The van der Waals surface area contributed by atoms with E-state index in [1.165, 1.54) is 0 Å². The van der Waals surface area contributed by atoms with E-state index in [1.54, 1.807) is 31.2 Å². The van der Waals surface area contributed by atoms with Gasteiger partial charge in [-0.05, 0) is 30.7 Å². The van der Waals surface area contributed by atoms with Crippen LogP contribution in [0, 0.1) is 6.07 Å². The molecule has 0 saturated carbocycles. The molecule has 0 bridgehead atoms. The smallest absolute Gasteiger partial charge is 0.421 e. The van der Waals surface area contributed by atoms with Gasteiger partial charge in [-0.1, -0.05) is 42.5 Å². The molecule has 23 heavy (non-hydrogen) atoms. The molecule has 2 aromatic rings. The Morgan fingerprint density at radius 2 is 1.96 bits per heavy atom. The molecule has 0 heterocycles. The molecule has 0 aromatic heterocycles. The van der Waals surface area contributed by atoms with E-state index in [-0.39, 0.29) is 12.5 Å². The second kappa shape index (κ2) is 8.55. The maximum Gasteiger partial charge on any atom is 0.421 e. The summed E-state index contributed by atoms with van der Waals surface area (Å²) in [6, 6.07) is 18.5. The van der Waals surface area contributed by atoms with E-state index in [1.807, 2.05) is 30.3 Å². The van der Waals surface area contributed by atoms with Crippen molar-refractivity contribution in [3.05, 3.63) is 66.2 Å². The van der Waals surface area contributed by atoms with Gasteiger partial charge in [0.2, 0.25) is 5.91 Å². The van der Waals surface area contributed by atoms with Gasteiger partial charge in [-0.15, -0.1) is 0 Å². The molecule has 1 atom stereocenters. The van der Waals surface area contributed by atoms with Gasteiger partial charge >= 0.3 is 6.09 Å². The number of benzene rings is 2. The maximum atomic E-state index is 11.9. The molecule has 0 fully saturated rings. The summed E-state index contributed by atoms with van der Waals surface area (Å²) < 4.78 is 5.03. The van der Waals surface area contributed by atoms with Crippen molar-refractivity contribution in [1.82, 2.24) is 10.9 Å². The summed E-state index contributed by atoms with van der Waals surface area (Å²) >= 11 is 0. The summed E-state index contributed by atoms with van der Waals surface area (Å²) in [5.41, 5.74) is 6.45. The highest BCUT2D eigenvalue weighted by atomic mass is 16.6. The van der Waals surface area contributed by atoms with Crippen molar-refractivity contribution in [3.63, 3.8) is 0 Å². The number of ether oxygens (including phenoxy) is 1. The van der Waals surface area contributed by atoms with Crippen molar-refractivity contribution < 1.29 is 14.3 Å². The van der Waals surface area contributed by atoms with Crippen molar-refractivity contribution in [2.24, 2.45) is 0 Å². The number of amides is 2. The molecule has 1 radical (unpaired) electrons. The van der Waals surface area contributed by atoms with Crippen LogP contribution in [0.4, 0.5) is 10.5 Å². The fraction of sp³-hybridized carbons (Fsp3) is 0.176. The predicted octanol–water partition coefficient (Wildman–Crippen LogP) is 2.24. The van der Waals surface area contributed by atoms with Gasteiger partial charge in [-0.25, -0.2) is 10.2 Å². The molecule has 0 unspecified atom stereocenters. The van der Waals surface area contributed by atoms with Crippen LogP contribution in [0.3, 0.4) is 0 Å². The summed E-state index contributed by atoms with van der Waals surface area (Å²) in [6.45, 7) is 1.79. The van der Waals surface area contributed by atoms with E-state index in [4.69, 9.17) is 4.74 Å². The van der Waals surface area contributed by atoms with Crippen molar-refractivity contribution in [3.8, 4) is 0 Å². The van der Waals surface area contributed by atoms with Gasteiger partial charge in [0.05, 0.1) is 0 Å². The lowest BCUT2D eigenvalue weighted by molar-refractivity contribution is -0.117. The Kier molecular flexibility index (Phi) is 6.14. The molecule has 3 N–H and O–H groups in total. The first-order valence-electron chi connectivity index (χ1n) is 7.14. The zero-order valence-electron chi connectivity index (χ0n) is 12.7. The Bertz CT molecular complexity index is 632. The standard InChI is InChI=1S/C17H18N3O3/c1-13(16(21)18-15-10-6-3-7-11-15)19-20-17(22)23-12-14-8-4-2-5-9-14/h2-6,8-11,13,19H,12H2,1H3,(H,18,21)(H,20,22)/t13-/m0/s1. The molecule has 0 spiro atoms. The molecule has 119 valence electrons. The third-order valence-electron chi connectivity index (χ3n) is 2.97. The number of rotatable bonds is 6. The number of anilines is 1. The van der Waals surface area contributed by atoms with Crippen LogP contribution in [0.1, 0.15) is 12.5 Å². The molecular formula is C17H18N3O3. The first-order valence-corrected chi connectivity index (χ1v) is 7.14. The number of carbonyl (C=O) groups is 2. The molecular weight excluding hydrogens is 294 g/mol. The zero-order valence-corrected chi connectivity index (χ0v) is 12.7. The van der Waals surface area contributed by atoms with Gasteiger partial charge in [0, 0.05) is 5.69 Å². The van der Waals surface area contributed by atoms with Gasteiger partial charge in [0.1, 0.15) is 12.6 Å². The number of nitrogens with one attached hydrogen (secondary N) is 3. The Labute approximate surface area is 134 Å². The molecule has 6 heteroatoms. The van der Waals surface area contributed by atoms with Crippen LogP contribution < -0.4 is 16.2 Å². The third kappa shape index (κ3) is 5.80. The number of hydrogen-bond donors (Lipinski definition) is 3. The van der Waals surface area contributed by atoms with Gasteiger partial charge in [0.15, 0.2) is 0 Å². The average molecular weight is 312 g/mol. The molecule has 2 amide bonds. The minimum Gasteiger partial charge on any atom is -0.444 e. The molecule has 0 aliphatic heterocycles. The number of carbonyl (C=O) groups excluding carboxylic acids is 2. The summed E-state index contributed by atoms with van der Waals surface area (Å²) in [6.07, 6.45) is -0.651. The van der Waals surface area contributed by atoms with Crippen LogP contribution in [0.25, 0.3) is 0 Å². The van der Waals surface area contributed by atoms with Crippen LogP contribution in [0.5, 0.6) is 0 Å². The molecule has 0 aliphatic rings. The average Bonchev–Trinajstić information content (AvgIpc) is 2.59. The highest BCUT2D eigenvalue weighted by Crippen LogP contribution is 2.04. The van der Waals surface area contributed by atoms with E-state index in [0.717, 1.165) is 5.56 Å². The molecule has 2 aromatic carbocycles. The van der Waals surface area contributed by atoms with Crippen LogP contribution in [-0.2, 0) is 16.1 Å². The summed E-state index contributed by atoms with van der Waals surface area (Å²) in [7, 11) is 0. The van der Waals surface area contributed by atoms with E-state index in [0.29, 0.717) is 5.69 Å². The van der Waals surface area contributed by atoms with Crippen molar-refractivity contribution >= 4 is 17.7 Å².